The molecule has 2 aromatic rings. The molecule has 0 saturated heterocycles. The summed E-state index contributed by atoms with van der Waals surface area (Å²) in [4.78, 5) is 12.1. The Balaban J connectivity index is 0.00000220. The number of carbonyl (C=O) groups excluding carboxylic acids is 1. The standard InChI is InChI=1S/C16H20N2O2.ClH/c1-2-14(8-12-6-4-3-5-7-12)18-16(19)13-9-15(10-17)20-11-13;/h3-7,9,11,14H,2,8,10,17H2,1H3,(H,18,19);1H. The minimum Gasteiger partial charge on any atom is -0.467 e. The molecule has 0 radical (unpaired) electrons. The SMILES string of the molecule is CCC(Cc1ccccc1)NC(=O)c1coc(CN)c1.Cl. The highest BCUT2D eigenvalue weighted by molar-refractivity contribution is 5.94. The molecule has 21 heavy (non-hydrogen) atoms. The van der Waals surface area contributed by atoms with E-state index in [0.29, 0.717) is 17.9 Å². The molecule has 4 nitrogen and oxygen atoms in total. The van der Waals surface area contributed by atoms with Crippen molar-refractivity contribution >= 4 is 18.3 Å². The van der Waals surface area contributed by atoms with E-state index in [0.717, 1.165) is 12.8 Å². The lowest BCUT2D eigenvalue weighted by molar-refractivity contribution is 0.0935. The number of rotatable bonds is 6. The van der Waals surface area contributed by atoms with E-state index in [1.165, 1.54) is 11.8 Å². The number of nitrogens with two attached hydrogens (primary N) is 1. The van der Waals surface area contributed by atoms with E-state index < -0.39 is 0 Å². The Labute approximate surface area is 131 Å². The predicted molar refractivity (Wildman–Crippen MR) is 85.5 cm³/mol. The molecule has 0 aliphatic carbocycles. The van der Waals surface area contributed by atoms with E-state index in [1.54, 1.807) is 6.07 Å². The monoisotopic (exact) mass is 308 g/mol. The molecule has 114 valence electrons. The van der Waals surface area contributed by atoms with Crippen molar-refractivity contribution in [2.75, 3.05) is 0 Å². The van der Waals surface area contributed by atoms with Gasteiger partial charge in [-0.2, -0.15) is 0 Å². The first kappa shape index (κ1) is 17.3. The molecule has 1 amide bonds. The summed E-state index contributed by atoms with van der Waals surface area (Å²) in [5.74, 6) is 0.502. The maximum absolute atomic E-state index is 12.1. The van der Waals surface area contributed by atoms with E-state index in [1.807, 2.05) is 18.2 Å². The van der Waals surface area contributed by atoms with Crippen molar-refractivity contribution in [3.8, 4) is 0 Å². The molecule has 0 spiro atoms. The van der Waals surface area contributed by atoms with Crippen LogP contribution in [0, 0.1) is 0 Å². The molecule has 1 aromatic heterocycles. The average Bonchev–Trinajstić information content (AvgIpc) is 2.96. The molecule has 2 rings (SSSR count). The molecule has 1 heterocycles. The number of furan rings is 1. The van der Waals surface area contributed by atoms with Crippen LogP contribution in [0.2, 0.25) is 0 Å². The third-order valence-electron chi connectivity index (χ3n) is 3.27. The van der Waals surface area contributed by atoms with E-state index in [4.69, 9.17) is 10.2 Å². The van der Waals surface area contributed by atoms with Crippen molar-refractivity contribution in [3.05, 3.63) is 59.5 Å². The van der Waals surface area contributed by atoms with Gasteiger partial charge >= 0.3 is 0 Å². The largest absolute Gasteiger partial charge is 0.467 e. The second kappa shape index (κ2) is 8.49. The number of amides is 1. The molecule has 3 N–H and O–H groups in total. The van der Waals surface area contributed by atoms with Crippen LogP contribution in [0.3, 0.4) is 0 Å². The van der Waals surface area contributed by atoms with Crippen molar-refractivity contribution in [2.45, 2.75) is 32.4 Å². The van der Waals surface area contributed by atoms with Crippen LogP contribution < -0.4 is 11.1 Å². The molecule has 0 aliphatic heterocycles. The molecule has 1 aromatic carbocycles. The van der Waals surface area contributed by atoms with Gasteiger partial charge in [-0.25, -0.2) is 0 Å². The number of nitrogens with one attached hydrogen (secondary N) is 1. The van der Waals surface area contributed by atoms with Gasteiger partial charge in [0, 0.05) is 6.04 Å². The fourth-order valence-electron chi connectivity index (χ4n) is 2.07. The van der Waals surface area contributed by atoms with Crippen LogP contribution in [-0.4, -0.2) is 11.9 Å². The summed E-state index contributed by atoms with van der Waals surface area (Å²) in [6, 6.07) is 11.9. The van der Waals surface area contributed by atoms with Gasteiger partial charge in [0.15, 0.2) is 0 Å². The lowest BCUT2D eigenvalue weighted by atomic mass is 10.0. The van der Waals surface area contributed by atoms with Crippen LogP contribution in [0.25, 0.3) is 0 Å². The molecular weight excluding hydrogens is 288 g/mol. The third kappa shape index (κ3) is 4.92. The van der Waals surface area contributed by atoms with Gasteiger partial charge in [-0.1, -0.05) is 37.3 Å². The van der Waals surface area contributed by atoms with Gasteiger partial charge in [-0.15, -0.1) is 12.4 Å². The molecule has 5 heteroatoms. The summed E-state index contributed by atoms with van der Waals surface area (Å²) < 4.78 is 5.18. The first-order chi connectivity index (χ1) is 9.72. The second-order valence-corrected chi connectivity index (χ2v) is 4.77. The van der Waals surface area contributed by atoms with Gasteiger partial charge in [0.2, 0.25) is 0 Å². The van der Waals surface area contributed by atoms with Crippen molar-refractivity contribution < 1.29 is 9.21 Å². The fraction of sp³-hybridized carbons (Fsp3) is 0.312. The molecule has 0 fully saturated rings. The summed E-state index contributed by atoms with van der Waals surface area (Å²) in [5, 5.41) is 3.03. The van der Waals surface area contributed by atoms with Gasteiger partial charge in [-0.3, -0.25) is 4.79 Å². The highest BCUT2D eigenvalue weighted by Crippen LogP contribution is 2.10. The number of carbonyl (C=O) groups is 1. The van der Waals surface area contributed by atoms with Gasteiger partial charge in [0.1, 0.15) is 12.0 Å². The first-order valence-corrected chi connectivity index (χ1v) is 6.85. The van der Waals surface area contributed by atoms with Crippen LogP contribution >= 0.6 is 12.4 Å². The highest BCUT2D eigenvalue weighted by Gasteiger charge is 2.14. The van der Waals surface area contributed by atoms with Crippen LogP contribution in [0.5, 0.6) is 0 Å². The van der Waals surface area contributed by atoms with E-state index in [2.05, 4.69) is 24.4 Å². The summed E-state index contributed by atoms with van der Waals surface area (Å²) in [6.45, 7) is 2.36. The van der Waals surface area contributed by atoms with Crippen molar-refractivity contribution in [1.82, 2.24) is 5.32 Å². The average molecular weight is 309 g/mol. The lowest BCUT2D eigenvalue weighted by Gasteiger charge is -2.16. The first-order valence-electron chi connectivity index (χ1n) is 6.85. The quantitative estimate of drug-likeness (QED) is 0.862. The highest BCUT2D eigenvalue weighted by atomic mass is 35.5. The summed E-state index contributed by atoms with van der Waals surface area (Å²) in [7, 11) is 0. The van der Waals surface area contributed by atoms with Gasteiger partial charge < -0.3 is 15.5 Å². The van der Waals surface area contributed by atoms with Crippen molar-refractivity contribution in [2.24, 2.45) is 5.73 Å². The fourth-order valence-corrected chi connectivity index (χ4v) is 2.07. The van der Waals surface area contributed by atoms with Crippen molar-refractivity contribution in [1.29, 1.82) is 0 Å². The minimum atomic E-state index is -0.115. The van der Waals surface area contributed by atoms with Crippen LogP contribution in [-0.2, 0) is 13.0 Å². The summed E-state index contributed by atoms with van der Waals surface area (Å²) in [5.41, 5.74) is 7.21. The van der Waals surface area contributed by atoms with Crippen LogP contribution in [0.4, 0.5) is 0 Å². The number of hydrogen-bond acceptors (Lipinski definition) is 3. The zero-order valence-electron chi connectivity index (χ0n) is 12.0. The normalized spacial score (nSPS) is 11.5. The molecular formula is C16H21ClN2O2. The van der Waals surface area contributed by atoms with Gasteiger partial charge in [0.05, 0.1) is 12.1 Å². The van der Waals surface area contributed by atoms with Crippen LogP contribution in [0.15, 0.2) is 47.1 Å². The Morgan fingerprint density at radius 3 is 2.62 bits per heavy atom. The maximum Gasteiger partial charge on any atom is 0.254 e. The Morgan fingerprint density at radius 1 is 1.33 bits per heavy atom. The Hall–Kier alpha value is -1.78. The van der Waals surface area contributed by atoms with E-state index in [9.17, 15) is 4.79 Å². The zero-order valence-corrected chi connectivity index (χ0v) is 12.9. The molecule has 0 saturated carbocycles. The van der Waals surface area contributed by atoms with Crippen LogP contribution in [0.1, 0.15) is 35.0 Å². The van der Waals surface area contributed by atoms with Gasteiger partial charge in [0.25, 0.3) is 5.91 Å². The number of benzene rings is 1. The number of hydrogen-bond donors (Lipinski definition) is 2. The second-order valence-electron chi connectivity index (χ2n) is 4.77. The smallest absolute Gasteiger partial charge is 0.254 e. The molecule has 1 atom stereocenters. The Bertz CT molecular complexity index is 554. The Morgan fingerprint density at radius 2 is 2.05 bits per heavy atom. The van der Waals surface area contributed by atoms with Crippen molar-refractivity contribution in [3.63, 3.8) is 0 Å². The molecule has 0 bridgehead atoms. The van der Waals surface area contributed by atoms with Gasteiger partial charge in [-0.05, 0) is 24.5 Å². The minimum absolute atomic E-state index is 0. The maximum atomic E-state index is 12.1. The number of halogens is 1. The zero-order chi connectivity index (χ0) is 14.4. The predicted octanol–water partition coefficient (Wildman–Crippen LogP) is 2.91. The lowest BCUT2D eigenvalue weighted by Crippen LogP contribution is -2.35. The summed E-state index contributed by atoms with van der Waals surface area (Å²) in [6.07, 6.45) is 3.15. The summed E-state index contributed by atoms with van der Waals surface area (Å²) >= 11 is 0. The van der Waals surface area contributed by atoms with E-state index in [-0.39, 0.29) is 24.4 Å². The molecule has 0 aliphatic rings. The third-order valence-corrected chi connectivity index (χ3v) is 3.27. The molecule has 1 unspecified atom stereocenters. The Kier molecular flexibility index (Phi) is 6.99. The topological polar surface area (TPSA) is 68.3 Å². The van der Waals surface area contributed by atoms with E-state index >= 15 is 0 Å².